The molecule has 0 atom stereocenters. The van der Waals surface area contributed by atoms with Gasteiger partial charge in [-0.2, -0.15) is 4.31 Å². The second-order valence-corrected chi connectivity index (χ2v) is 11.3. The van der Waals surface area contributed by atoms with E-state index in [-0.39, 0.29) is 35.9 Å². The van der Waals surface area contributed by atoms with Crippen LogP contribution in [0.4, 0.5) is 8.78 Å². The molecule has 0 saturated carbocycles. The predicted octanol–water partition coefficient (Wildman–Crippen LogP) is 3.70. The van der Waals surface area contributed by atoms with E-state index in [4.69, 9.17) is 0 Å². The van der Waals surface area contributed by atoms with E-state index >= 15 is 0 Å². The summed E-state index contributed by atoms with van der Waals surface area (Å²) >= 11 is 0. The van der Waals surface area contributed by atoms with Crippen molar-refractivity contribution >= 4 is 15.9 Å². The molecule has 1 heterocycles. The fourth-order valence-corrected chi connectivity index (χ4v) is 5.52. The Bertz CT molecular complexity index is 824. The molecule has 5 nitrogen and oxygen atoms in total. The number of amides is 1. The molecular weight excluding hydrogens is 386 g/mol. The second kappa shape index (κ2) is 8.06. The van der Waals surface area contributed by atoms with Gasteiger partial charge in [0.25, 0.3) is 0 Å². The minimum absolute atomic E-state index is 0.0588. The van der Waals surface area contributed by atoms with Crippen LogP contribution in [-0.2, 0) is 14.8 Å². The number of carbonyl (C=O) groups is 1. The summed E-state index contributed by atoms with van der Waals surface area (Å²) in [6.07, 6.45) is 1.49. The van der Waals surface area contributed by atoms with Crippen molar-refractivity contribution in [1.29, 1.82) is 0 Å². The summed E-state index contributed by atoms with van der Waals surface area (Å²) in [5.74, 6) is -2.19. The van der Waals surface area contributed by atoms with Crippen LogP contribution in [0.25, 0.3) is 0 Å². The maximum atomic E-state index is 13.9. The Morgan fingerprint density at radius 3 is 2.25 bits per heavy atom. The van der Waals surface area contributed by atoms with Gasteiger partial charge in [0.2, 0.25) is 15.9 Å². The van der Waals surface area contributed by atoms with E-state index in [1.807, 2.05) is 13.8 Å². The molecular formula is C20H30F2N2O3S. The average Bonchev–Trinajstić information content (AvgIpc) is 2.54. The molecule has 28 heavy (non-hydrogen) atoms. The van der Waals surface area contributed by atoms with Crippen molar-refractivity contribution in [3.05, 3.63) is 29.8 Å². The van der Waals surface area contributed by atoms with Crippen LogP contribution in [0, 0.1) is 23.0 Å². The Morgan fingerprint density at radius 1 is 1.14 bits per heavy atom. The number of hydrogen-bond acceptors (Lipinski definition) is 3. The van der Waals surface area contributed by atoms with Gasteiger partial charge >= 0.3 is 0 Å². The first-order valence-corrected chi connectivity index (χ1v) is 10.9. The fourth-order valence-electron chi connectivity index (χ4n) is 3.98. The number of hydrogen-bond donors (Lipinski definition) is 1. The van der Waals surface area contributed by atoms with Gasteiger partial charge in [-0.25, -0.2) is 17.2 Å². The normalized spacial score (nSPS) is 17.5. The Kier molecular flexibility index (Phi) is 6.55. The number of nitrogens with zero attached hydrogens (tertiary/aromatic N) is 1. The molecule has 1 aromatic rings. The lowest BCUT2D eigenvalue weighted by atomic mass is 9.81. The summed E-state index contributed by atoms with van der Waals surface area (Å²) < 4.78 is 53.7. The lowest BCUT2D eigenvalue weighted by molar-refractivity contribution is -0.128. The Labute approximate surface area is 166 Å². The molecule has 1 saturated heterocycles. The van der Waals surface area contributed by atoms with Crippen LogP contribution in [0.3, 0.4) is 0 Å². The summed E-state index contributed by atoms with van der Waals surface area (Å²) in [4.78, 5) is 12.0. The quantitative estimate of drug-likeness (QED) is 0.796. The summed E-state index contributed by atoms with van der Waals surface area (Å²) in [5, 5.41) is 3.07. The average molecular weight is 417 g/mol. The number of rotatable bonds is 5. The van der Waals surface area contributed by atoms with E-state index < -0.39 is 26.6 Å². The maximum absolute atomic E-state index is 13.9. The summed E-state index contributed by atoms with van der Waals surface area (Å²) in [6, 6.07) is 2.38. The monoisotopic (exact) mass is 416 g/mol. The molecule has 0 unspecified atom stereocenters. The van der Waals surface area contributed by atoms with Crippen LogP contribution in [-0.4, -0.2) is 37.3 Å². The van der Waals surface area contributed by atoms with E-state index in [1.54, 1.807) is 0 Å². The van der Waals surface area contributed by atoms with Gasteiger partial charge in [0.15, 0.2) is 0 Å². The van der Waals surface area contributed by atoms with Crippen molar-refractivity contribution in [2.24, 2.45) is 11.3 Å². The summed E-state index contributed by atoms with van der Waals surface area (Å²) in [5.41, 5.74) is -0.313. The molecule has 0 aromatic heterocycles. The first kappa shape index (κ1) is 22.7. The molecule has 1 aliphatic heterocycles. The predicted molar refractivity (Wildman–Crippen MR) is 104 cm³/mol. The topological polar surface area (TPSA) is 66.5 Å². The zero-order valence-corrected chi connectivity index (χ0v) is 18.0. The second-order valence-electron chi connectivity index (χ2n) is 9.36. The third-order valence-electron chi connectivity index (χ3n) is 4.77. The molecule has 2 rings (SSSR count). The summed E-state index contributed by atoms with van der Waals surface area (Å²) in [6.45, 7) is 10.5. The van der Waals surface area contributed by atoms with E-state index in [0.717, 1.165) is 22.9 Å². The number of benzene rings is 1. The molecule has 0 aliphatic carbocycles. The number of nitrogens with one attached hydrogen (secondary N) is 1. The van der Waals surface area contributed by atoms with Crippen molar-refractivity contribution < 1.29 is 22.0 Å². The number of carbonyl (C=O) groups excluding carboxylic acids is 1. The van der Waals surface area contributed by atoms with E-state index in [9.17, 15) is 22.0 Å². The fraction of sp³-hybridized carbons (Fsp3) is 0.650. The summed E-state index contributed by atoms with van der Waals surface area (Å²) in [7, 11) is -4.14. The molecule has 1 amide bonds. The highest BCUT2D eigenvalue weighted by molar-refractivity contribution is 7.89. The van der Waals surface area contributed by atoms with Gasteiger partial charge in [-0.05, 0) is 56.7 Å². The molecule has 158 valence electrons. The van der Waals surface area contributed by atoms with Crippen LogP contribution in [0.1, 0.15) is 53.9 Å². The minimum Gasteiger partial charge on any atom is -0.351 e. The molecule has 1 N–H and O–H groups in total. The van der Waals surface area contributed by atoms with Crippen LogP contribution in [0.15, 0.2) is 23.1 Å². The third kappa shape index (κ3) is 5.73. The Morgan fingerprint density at radius 2 is 1.71 bits per heavy atom. The van der Waals surface area contributed by atoms with Crippen molar-refractivity contribution in [3.63, 3.8) is 0 Å². The minimum atomic E-state index is -4.14. The van der Waals surface area contributed by atoms with E-state index in [1.165, 1.54) is 0 Å². The van der Waals surface area contributed by atoms with Gasteiger partial charge in [-0.1, -0.05) is 20.8 Å². The zero-order valence-electron chi connectivity index (χ0n) is 17.2. The van der Waals surface area contributed by atoms with Crippen molar-refractivity contribution in [3.8, 4) is 0 Å². The van der Waals surface area contributed by atoms with Crippen LogP contribution < -0.4 is 5.32 Å². The highest BCUT2D eigenvalue weighted by atomic mass is 32.2. The molecule has 1 aromatic carbocycles. The van der Waals surface area contributed by atoms with Gasteiger partial charge in [0, 0.05) is 24.5 Å². The lowest BCUT2D eigenvalue weighted by Gasteiger charge is -2.36. The number of piperidine rings is 1. The molecule has 0 radical (unpaired) electrons. The smallest absolute Gasteiger partial charge is 0.246 e. The van der Waals surface area contributed by atoms with Gasteiger partial charge in [-0.3, -0.25) is 4.79 Å². The molecule has 0 bridgehead atoms. The highest BCUT2D eigenvalue weighted by Crippen LogP contribution is 2.29. The van der Waals surface area contributed by atoms with Crippen molar-refractivity contribution in [2.45, 2.75) is 64.3 Å². The number of sulfonamides is 1. The van der Waals surface area contributed by atoms with E-state index in [2.05, 4.69) is 26.1 Å². The molecule has 8 heteroatoms. The standard InChI is InChI=1S/C20H30F2N2O3S/c1-19(2,3)13-20(4,5)23-18(25)14-8-10-24(11-9-14)28(26,27)17-12-15(21)6-7-16(17)22/h6-7,12,14H,8-11,13H2,1-5H3,(H,23,25). The van der Waals surface area contributed by atoms with Crippen LogP contribution in [0.2, 0.25) is 0 Å². The largest absolute Gasteiger partial charge is 0.351 e. The van der Waals surface area contributed by atoms with Crippen LogP contribution in [0.5, 0.6) is 0 Å². The molecule has 1 fully saturated rings. The van der Waals surface area contributed by atoms with Gasteiger partial charge in [0.05, 0.1) is 0 Å². The van der Waals surface area contributed by atoms with E-state index in [0.29, 0.717) is 18.9 Å². The van der Waals surface area contributed by atoms with Crippen molar-refractivity contribution in [1.82, 2.24) is 9.62 Å². The Hall–Kier alpha value is -1.54. The maximum Gasteiger partial charge on any atom is 0.246 e. The van der Waals surface area contributed by atoms with Crippen LogP contribution >= 0.6 is 0 Å². The van der Waals surface area contributed by atoms with Gasteiger partial charge in [-0.15, -0.1) is 0 Å². The first-order chi connectivity index (χ1) is 12.7. The lowest BCUT2D eigenvalue weighted by Crippen LogP contribution is -2.50. The highest BCUT2D eigenvalue weighted by Gasteiger charge is 2.35. The molecule has 1 aliphatic rings. The van der Waals surface area contributed by atoms with Crippen molar-refractivity contribution in [2.75, 3.05) is 13.1 Å². The third-order valence-corrected chi connectivity index (χ3v) is 6.68. The number of halogens is 2. The zero-order chi connectivity index (χ0) is 21.3. The molecule has 0 spiro atoms. The van der Waals surface area contributed by atoms with Gasteiger partial charge in [0.1, 0.15) is 16.5 Å². The van der Waals surface area contributed by atoms with Gasteiger partial charge < -0.3 is 5.32 Å². The Balaban J connectivity index is 2.02. The first-order valence-electron chi connectivity index (χ1n) is 9.48. The SMILES string of the molecule is CC(C)(C)CC(C)(C)NC(=O)C1CCN(S(=O)(=O)c2cc(F)ccc2F)CC1.